The number of methoxy groups -OCH3 is 2. The van der Waals surface area contributed by atoms with Gasteiger partial charge in [-0.05, 0) is 47.2 Å². The molecule has 4 heteroatoms. The Kier molecular flexibility index (Phi) is 6.83. The van der Waals surface area contributed by atoms with Crippen LogP contribution >= 0.6 is 0 Å². The molecule has 0 aliphatic carbocycles. The second kappa shape index (κ2) is 9.08. The first-order chi connectivity index (χ1) is 13.2. The third kappa shape index (κ3) is 3.75. The highest BCUT2D eigenvalue weighted by molar-refractivity contribution is 6.00. The maximum absolute atomic E-state index is 12.8. The molecule has 27 heavy (non-hydrogen) atoms. The van der Waals surface area contributed by atoms with Gasteiger partial charge in [-0.2, -0.15) is 0 Å². The lowest BCUT2D eigenvalue weighted by Crippen LogP contribution is -2.02. The SMILES string of the molecule is CC.CC.COc1ccc2cc3c(=O)c4cccc(OC)c4oc3cc2c1. The van der Waals surface area contributed by atoms with Crippen LogP contribution in [0.3, 0.4) is 0 Å². The van der Waals surface area contributed by atoms with E-state index in [9.17, 15) is 4.79 Å². The molecule has 0 saturated heterocycles. The first-order valence-corrected chi connectivity index (χ1v) is 9.22. The van der Waals surface area contributed by atoms with Crippen molar-refractivity contribution in [1.29, 1.82) is 0 Å². The summed E-state index contributed by atoms with van der Waals surface area (Å²) in [5.74, 6) is 1.31. The van der Waals surface area contributed by atoms with Crippen LogP contribution in [0.15, 0.2) is 57.7 Å². The average Bonchev–Trinajstić information content (AvgIpc) is 2.75. The fourth-order valence-corrected chi connectivity index (χ4v) is 2.86. The molecule has 0 fully saturated rings. The molecule has 0 bridgehead atoms. The molecule has 0 aliphatic heterocycles. The molecule has 0 amide bonds. The standard InChI is InChI=1S/C19H14O4.2C2H6/c1-21-13-7-6-11-9-15-17(10-12(11)8-13)23-19-14(18(15)20)4-3-5-16(19)22-2;2*1-2/h3-10H,1-2H3;2*1-2H3. The van der Waals surface area contributed by atoms with Gasteiger partial charge in [0.15, 0.2) is 11.3 Å². The largest absolute Gasteiger partial charge is 0.497 e. The van der Waals surface area contributed by atoms with Crippen LogP contribution in [-0.2, 0) is 0 Å². The Bertz CT molecular complexity index is 1110. The number of ether oxygens (including phenoxy) is 2. The zero-order valence-electron chi connectivity index (χ0n) is 16.8. The summed E-state index contributed by atoms with van der Waals surface area (Å²) in [5.41, 5.74) is 0.945. The first kappa shape index (κ1) is 20.3. The summed E-state index contributed by atoms with van der Waals surface area (Å²) in [5, 5.41) is 3.00. The number of para-hydroxylation sites is 1. The van der Waals surface area contributed by atoms with E-state index in [1.807, 2.05) is 58.0 Å². The van der Waals surface area contributed by atoms with Gasteiger partial charge in [-0.3, -0.25) is 4.79 Å². The van der Waals surface area contributed by atoms with Crippen LogP contribution in [0.4, 0.5) is 0 Å². The maximum atomic E-state index is 12.8. The molecular formula is C23H26O4. The molecule has 4 aromatic rings. The topological polar surface area (TPSA) is 48.7 Å². The molecular weight excluding hydrogens is 340 g/mol. The van der Waals surface area contributed by atoms with Crippen LogP contribution in [0.5, 0.6) is 11.5 Å². The summed E-state index contributed by atoms with van der Waals surface area (Å²) >= 11 is 0. The van der Waals surface area contributed by atoms with Gasteiger partial charge in [0.1, 0.15) is 11.3 Å². The number of hydrogen-bond donors (Lipinski definition) is 0. The highest BCUT2D eigenvalue weighted by Crippen LogP contribution is 2.30. The molecule has 1 heterocycles. The lowest BCUT2D eigenvalue weighted by molar-refractivity contribution is 0.411. The normalized spacial score (nSPS) is 10.0. The maximum Gasteiger partial charge on any atom is 0.200 e. The van der Waals surface area contributed by atoms with E-state index >= 15 is 0 Å². The minimum absolute atomic E-state index is 0.0575. The highest BCUT2D eigenvalue weighted by Gasteiger charge is 2.12. The Morgan fingerprint density at radius 3 is 2.19 bits per heavy atom. The van der Waals surface area contributed by atoms with Crippen LogP contribution in [0.25, 0.3) is 32.7 Å². The summed E-state index contributed by atoms with van der Waals surface area (Å²) in [7, 11) is 3.19. The van der Waals surface area contributed by atoms with Gasteiger partial charge in [0.25, 0.3) is 0 Å². The van der Waals surface area contributed by atoms with Crippen molar-refractivity contribution in [3.8, 4) is 11.5 Å². The Labute approximate surface area is 159 Å². The summed E-state index contributed by atoms with van der Waals surface area (Å²) in [6.07, 6.45) is 0. The molecule has 0 unspecified atom stereocenters. The Balaban J connectivity index is 0.000000614. The van der Waals surface area contributed by atoms with Crippen LogP contribution in [0, 0.1) is 0 Å². The first-order valence-electron chi connectivity index (χ1n) is 9.22. The fraction of sp³-hybridized carbons (Fsp3) is 0.261. The minimum Gasteiger partial charge on any atom is -0.497 e. The van der Waals surface area contributed by atoms with Gasteiger partial charge in [0.2, 0.25) is 5.43 Å². The van der Waals surface area contributed by atoms with Gasteiger partial charge >= 0.3 is 0 Å². The summed E-state index contributed by atoms with van der Waals surface area (Å²) in [4.78, 5) is 12.8. The minimum atomic E-state index is -0.0575. The molecule has 1 aromatic heterocycles. The molecule has 0 spiro atoms. The van der Waals surface area contributed by atoms with Crippen molar-refractivity contribution in [1.82, 2.24) is 0 Å². The van der Waals surface area contributed by atoms with Crippen molar-refractivity contribution in [2.45, 2.75) is 27.7 Å². The van der Waals surface area contributed by atoms with E-state index in [0.29, 0.717) is 27.7 Å². The van der Waals surface area contributed by atoms with Crippen molar-refractivity contribution < 1.29 is 13.9 Å². The zero-order valence-corrected chi connectivity index (χ0v) is 16.8. The Hall–Kier alpha value is -3.01. The average molecular weight is 366 g/mol. The van der Waals surface area contributed by atoms with Crippen LogP contribution in [0.1, 0.15) is 27.7 Å². The van der Waals surface area contributed by atoms with E-state index in [0.717, 1.165) is 16.5 Å². The predicted octanol–water partition coefficient (Wildman–Crippen LogP) is 6.17. The number of benzene rings is 3. The van der Waals surface area contributed by atoms with E-state index < -0.39 is 0 Å². The van der Waals surface area contributed by atoms with Gasteiger partial charge in [0.05, 0.1) is 25.0 Å². The third-order valence-electron chi connectivity index (χ3n) is 4.05. The van der Waals surface area contributed by atoms with Gasteiger partial charge in [-0.25, -0.2) is 0 Å². The third-order valence-corrected chi connectivity index (χ3v) is 4.05. The summed E-state index contributed by atoms with van der Waals surface area (Å²) in [6, 6.07) is 14.8. The molecule has 0 N–H and O–H groups in total. The van der Waals surface area contributed by atoms with E-state index in [2.05, 4.69) is 0 Å². The van der Waals surface area contributed by atoms with Crippen molar-refractivity contribution in [3.05, 3.63) is 58.8 Å². The number of hydrogen-bond acceptors (Lipinski definition) is 4. The van der Waals surface area contributed by atoms with E-state index in [-0.39, 0.29) is 5.43 Å². The second-order valence-electron chi connectivity index (χ2n) is 5.33. The van der Waals surface area contributed by atoms with Crippen molar-refractivity contribution in [2.24, 2.45) is 0 Å². The van der Waals surface area contributed by atoms with Crippen LogP contribution < -0.4 is 14.9 Å². The van der Waals surface area contributed by atoms with Crippen LogP contribution in [-0.4, -0.2) is 14.2 Å². The quantitative estimate of drug-likeness (QED) is 0.398. The number of fused-ring (bicyclic) bond motifs is 3. The lowest BCUT2D eigenvalue weighted by atomic mass is 10.1. The number of rotatable bonds is 2. The summed E-state index contributed by atoms with van der Waals surface area (Å²) in [6.45, 7) is 8.00. The molecule has 0 atom stereocenters. The molecule has 4 rings (SSSR count). The molecule has 0 radical (unpaired) electrons. The van der Waals surface area contributed by atoms with Crippen molar-refractivity contribution in [2.75, 3.05) is 14.2 Å². The van der Waals surface area contributed by atoms with E-state index in [1.165, 1.54) is 0 Å². The molecule has 3 aromatic carbocycles. The Morgan fingerprint density at radius 1 is 0.778 bits per heavy atom. The molecule has 0 aliphatic rings. The monoisotopic (exact) mass is 366 g/mol. The van der Waals surface area contributed by atoms with Gasteiger partial charge in [-0.15, -0.1) is 0 Å². The van der Waals surface area contributed by atoms with Gasteiger partial charge in [-0.1, -0.05) is 39.8 Å². The summed E-state index contributed by atoms with van der Waals surface area (Å²) < 4.78 is 16.5. The van der Waals surface area contributed by atoms with Crippen LogP contribution in [0.2, 0.25) is 0 Å². The van der Waals surface area contributed by atoms with Crippen molar-refractivity contribution >= 4 is 32.7 Å². The van der Waals surface area contributed by atoms with Gasteiger partial charge in [0, 0.05) is 0 Å². The smallest absolute Gasteiger partial charge is 0.200 e. The Morgan fingerprint density at radius 2 is 1.52 bits per heavy atom. The zero-order chi connectivity index (χ0) is 20.0. The van der Waals surface area contributed by atoms with E-state index in [1.54, 1.807) is 32.4 Å². The molecule has 4 nitrogen and oxygen atoms in total. The van der Waals surface area contributed by atoms with E-state index in [4.69, 9.17) is 13.9 Å². The fourth-order valence-electron chi connectivity index (χ4n) is 2.86. The molecule has 0 saturated carbocycles. The second-order valence-corrected chi connectivity index (χ2v) is 5.33. The predicted molar refractivity (Wildman–Crippen MR) is 113 cm³/mol. The lowest BCUT2D eigenvalue weighted by Gasteiger charge is -2.07. The molecule has 142 valence electrons. The van der Waals surface area contributed by atoms with Gasteiger partial charge < -0.3 is 13.9 Å². The van der Waals surface area contributed by atoms with Crippen molar-refractivity contribution in [3.63, 3.8) is 0 Å². The highest BCUT2D eigenvalue weighted by atomic mass is 16.5.